The van der Waals surface area contributed by atoms with Gasteiger partial charge >= 0.3 is 12.6 Å². The fraction of sp³-hybridized carbons (Fsp3) is 0.875. The van der Waals surface area contributed by atoms with Gasteiger partial charge in [-0.3, -0.25) is 0 Å². The maximum absolute atomic E-state index is 11.9. The number of Topliss-reactive ketones (excluding diaryl/α,β-unsaturated/α-hetero) is 1. The lowest BCUT2D eigenvalue weighted by atomic mass is 10.2. The van der Waals surface area contributed by atoms with Gasteiger partial charge in [0.25, 0.3) is 0 Å². The highest BCUT2D eigenvalue weighted by atomic mass is 19.4. The molecule has 0 bridgehead atoms. The fourth-order valence-corrected chi connectivity index (χ4v) is 1.04. The summed E-state index contributed by atoms with van der Waals surface area (Å²) in [6.07, 6.45) is -11.2. The summed E-state index contributed by atoms with van der Waals surface area (Å²) in [4.78, 5) is 8.94. The molecule has 0 heterocycles. The van der Waals surface area contributed by atoms with Crippen LogP contribution in [-0.2, 0) is 4.79 Å². The van der Waals surface area contributed by atoms with Crippen LogP contribution < -0.4 is 0 Å². The van der Waals surface area contributed by atoms with Crippen LogP contribution in [0.5, 0.6) is 0 Å². The third-order valence-corrected chi connectivity index (χ3v) is 1.77. The highest BCUT2D eigenvalue weighted by molar-refractivity contribution is 5.75. The van der Waals surface area contributed by atoms with Gasteiger partial charge in [-0.2, -0.15) is 26.3 Å². The number of nitrogens with zero attached hydrogens (tertiary/aromatic N) is 1. The van der Waals surface area contributed by atoms with Crippen LogP contribution in [0, 0.1) is 0 Å². The molecule has 0 aliphatic carbocycles. The van der Waals surface area contributed by atoms with E-state index in [0.29, 0.717) is 0 Å². The molecule has 0 amide bonds. The van der Waals surface area contributed by atoms with Crippen LogP contribution in [0.3, 0.4) is 0 Å². The van der Waals surface area contributed by atoms with E-state index in [4.69, 9.17) is 0 Å². The third-order valence-electron chi connectivity index (χ3n) is 1.77. The minimum Gasteiger partial charge on any atom is -0.300 e. The van der Waals surface area contributed by atoms with Crippen molar-refractivity contribution >= 4 is 5.78 Å². The summed E-state index contributed by atoms with van der Waals surface area (Å²) in [7, 11) is 0. The van der Waals surface area contributed by atoms with Crippen LogP contribution in [0.15, 0.2) is 0 Å². The minimum atomic E-state index is -5.44. The van der Waals surface area contributed by atoms with Crippen LogP contribution in [0.4, 0.5) is 26.3 Å². The summed E-state index contributed by atoms with van der Waals surface area (Å²) in [5, 5.41) is 0. The lowest BCUT2D eigenvalue weighted by Gasteiger charge is -2.26. The molecule has 2 nitrogen and oxygen atoms in total. The zero-order valence-corrected chi connectivity index (χ0v) is 8.45. The molecule has 96 valence electrons. The SMILES string of the molecule is CC(=O)CCCCN(C(F)(F)F)C(F)(F)F. The van der Waals surface area contributed by atoms with Crippen LogP contribution in [0.25, 0.3) is 0 Å². The number of carbonyl (C=O) groups excluding carboxylic acids is 1. The quantitative estimate of drug-likeness (QED) is 0.425. The van der Waals surface area contributed by atoms with E-state index in [9.17, 15) is 31.1 Å². The molecule has 0 rings (SSSR count). The first-order valence-electron chi connectivity index (χ1n) is 4.46. The van der Waals surface area contributed by atoms with Gasteiger partial charge in [0.1, 0.15) is 5.78 Å². The van der Waals surface area contributed by atoms with Crippen molar-refractivity contribution in [1.82, 2.24) is 4.90 Å². The van der Waals surface area contributed by atoms with E-state index in [-0.39, 0.29) is 25.0 Å². The first kappa shape index (κ1) is 15.2. The second-order valence-corrected chi connectivity index (χ2v) is 3.25. The predicted octanol–water partition coefficient (Wildman–Crippen LogP) is 3.09. The molecule has 8 heteroatoms. The largest absolute Gasteiger partial charge is 0.467 e. The standard InChI is InChI=1S/C8H11F6NO/c1-6(16)4-2-3-5-15(7(9,10)11)8(12,13)14/h2-5H2,1H3. The van der Waals surface area contributed by atoms with Gasteiger partial charge < -0.3 is 4.79 Å². The number of ketones is 1. The van der Waals surface area contributed by atoms with E-state index in [0.717, 1.165) is 0 Å². The van der Waals surface area contributed by atoms with E-state index in [1.807, 2.05) is 0 Å². The van der Waals surface area contributed by atoms with Gasteiger partial charge in [-0.1, -0.05) is 0 Å². The Hall–Kier alpha value is -0.790. The first-order chi connectivity index (χ1) is 7.05. The molecule has 16 heavy (non-hydrogen) atoms. The average Bonchev–Trinajstić information content (AvgIpc) is 1.97. The molecule has 0 aromatic rings. The van der Waals surface area contributed by atoms with Crippen molar-refractivity contribution in [2.24, 2.45) is 0 Å². The van der Waals surface area contributed by atoms with Crippen LogP contribution in [0.1, 0.15) is 26.2 Å². The van der Waals surface area contributed by atoms with Gasteiger partial charge in [0.2, 0.25) is 0 Å². The number of carbonyl (C=O) groups is 1. The number of alkyl halides is 6. The molecule has 0 saturated carbocycles. The monoisotopic (exact) mass is 251 g/mol. The van der Waals surface area contributed by atoms with Gasteiger partial charge in [0, 0.05) is 13.0 Å². The lowest BCUT2D eigenvalue weighted by molar-refractivity contribution is -0.372. The maximum atomic E-state index is 11.9. The van der Waals surface area contributed by atoms with Crippen LogP contribution in [-0.4, -0.2) is 29.8 Å². The Morgan fingerprint density at radius 1 is 1.00 bits per heavy atom. The van der Waals surface area contributed by atoms with Crippen LogP contribution >= 0.6 is 0 Å². The smallest absolute Gasteiger partial charge is 0.300 e. The molecular weight excluding hydrogens is 240 g/mol. The molecule has 0 aromatic heterocycles. The normalized spacial score (nSPS) is 13.2. The maximum Gasteiger partial charge on any atom is 0.467 e. The number of halogens is 6. The number of rotatable bonds is 5. The number of unbranched alkanes of at least 4 members (excludes halogenated alkanes) is 1. The summed E-state index contributed by atoms with van der Waals surface area (Å²) in [6, 6.07) is 0. The second kappa shape index (κ2) is 5.51. The molecule has 0 fully saturated rings. The zero-order chi connectivity index (χ0) is 13.0. The van der Waals surface area contributed by atoms with Gasteiger partial charge in [-0.25, -0.2) is 0 Å². The fourth-order valence-electron chi connectivity index (χ4n) is 1.04. The Morgan fingerprint density at radius 2 is 1.44 bits per heavy atom. The molecular formula is C8H11F6NO. The summed E-state index contributed by atoms with van der Waals surface area (Å²) < 4.78 is 71.6. The molecule has 0 atom stereocenters. The summed E-state index contributed by atoms with van der Waals surface area (Å²) >= 11 is 0. The van der Waals surface area contributed by atoms with Crippen molar-refractivity contribution in [2.75, 3.05) is 6.54 Å². The van der Waals surface area contributed by atoms with E-state index in [1.165, 1.54) is 6.92 Å². The zero-order valence-electron chi connectivity index (χ0n) is 8.45. The second-order valence-electron chi connectivity index (χ2n) is 3.25. The highest BCUT2D eigenvalue weighted by Gasteiger charge is 2.53. The van der Waals surface area contributed by atoms with Crippen molar-refractivity contribution < 1.29 is 31.1 Å². The van der Waals surface area contributed by atoms with Gasteiger partial charge in [0.05, 0.1) is 0 Å². The van der Waals surface area contributed by atoms with Crippen molar-refractivity contribution in [3.63, 3.8) is 0 Å². The van der Waals surface area contributed by atoms with E-state index >= 15 is 0 Å². The molecule has 0 saturated heterocycles. The molecule has 0 radical (unpaired) electrons. The van der Waals surface area contributed by atoms with Crippen LogP contribution in [0.2, 0.25) is 0 Å². The van der Waals surface area contributed by atoms with Gasteiger partial charge in [-0.15, -0.1) is 4.90 Å². The highest BCUT2D eigenvalue weighted by Crippen LogP contribution is 2.33. The lowest BCUT2D eigenvalue weighted by Crippen LogP contribution is -2.48. The van der Waals surface area contributed by atoms with Gasteiger partial charge in [-0.05, 0) is 19.8 Å². The van der Waals surface area contributed by atoms with E-state index < -0.39 is 24.0 Å². The molecule has 0 aliphatic rings. The Morgan fingerprint density at radius 3 is 1.75 bits per heavy atom. The molecule has 0 aliphatic heterocycles. The van der Waals surface area contributed by atoms with Crippen molar-refractivity contribution in [3.8, 4) is 0 Å². The van der Waals surface area contributed by atoms with Crippen molar-refractivity contribution in [3.05, 3.63) is 0 Å². The summed E-state index contributed by atoms with van der Waals surface area (Å²) in [5.74, 6) is -0.259. The summed E-state index contributed by atoms with van der Waals surface area (Å²) in [5.41, 5.74) is 0. The average molecular weight is 251 g/mol. The topological polar surface area (TPSA) is 20.3 Å². The van der Waals surface area contributed by atoms with Crippen molar-refractivity contribution in [2.45, 2.75) is 38.8 Å². The molecule has 0 aromatic carbocycles. The van der Waals surface area contributed by atoms with Crippen molar-refractivity contribution in [1.29, 1.82) is 0 Å². The number of hydrogen-bond donors (Lipinski definition) is 0. The Bertz CT molecular complexity index is 220. The van der Waals surface area contributed by atoms with E-state index in [1.54, 1.807) is 0 Å². The molecule has 0 unspecified atom stereocenters. The Kier molecular flexibility index (Phi) is 5.24. The molecule has 0 N–H and O–H groups in total. The predicted molar refractivity (Wildman–Crippen MR) is 43.3 cm³/mol. The molecule has 0 spiro atoms. The summed E-state index contributed by atoms with van der Waals surface area (Å²) in [6.45, 7) is 0.0472. The Balaban J connectivity index is 4.21. The minimum absolute atomic E-state index is 0.0104. The number of hydrogen-bond acceptors (Lipinski definition) is 2. The Labute approximate surface area is 88.2 Å². The third kappa shape index (κ3) is 5.94. The first-order valence-corrected chi connectivity index (χ1v) is 4.46. The van der Waals surface area contributed by atoms with E-state index in [2.05, 4.69) is 0 Å². The van der Waals surface area contributed by atoms with Gasteiger partial charge in [0.15, 0.2) is 0 Å².